The van der Waals surface area contributed by atoms with Gasteiger partial charge in [-0.05, 0) is 37.1 Å². The Kier molecular flexibility index (Phi) is 3.69. The zero-order chi connectivity index (χ0) is 11.4. The number of amides is 1. The Morgan fingerprint density at radius 1 is 1.56 bits per heavy atom. The highest BCUT2D eigenvalue weighted by atomic mass is 35.5. The molecule has 0 aliphatic carbocycles. The van der Waals surface area contributed by atoms with Crippen LogP contribution in [0.25, 0.3) is 0 Å². The molecule has 0 unspecified atom stereocenters. The molecule has 0 aromatic carbocycles. The fraction of sp³-hybridized carbons (Fsp3) is 0.500. The van der Waals surface area contributed by atoms with Crippen molar-refractivity contribution in [1.82, 2.24) is 15.3 Å². The summed E-state index contributed by atoms with van der Waals surface area (Å²) >= 11 is 5.62. The number of nitrogens with one attached hydrogen (secondary N) is 2. The van der Waals surface area contributed by atoms with Gasteiger partial charge in [0.05, 0.1) is 6.04 Å². The summed E-state index contributed by atoms with van der Waals surface area (Å²) in [5.41, 5.74) is 0. The van der Waals surface area contributed by atoms with Crippen LogP contribution >= 0.6 is 11.6 Å². The van der Waals surface area contributed by atoms with Gasteiger partial charge >= 0.3 is 0 Å². The SMILES string of the molecule is O=C(Nc1ccnc(Cl)n1)[C@H]1CCCCN1. The summed E-state index contributed by atoms with van der Waals surface area (Å²) < 4.78 is 0. The highest BCUT2D eigenvalue weighted by Gasteiger charge is 2.20. The largest absolute Gasteiger partial charge is 0.309 e. The summed E-state index contributed by atoms with van der Waals surface area (Å²) in [6.45, 7) is 0.891. The summed E-state index contributed by atoms with van der Waals surface area (Å²) in [5.74, 6) is 0.381. The molecule has 1 aliphatic heterocycles. The van der Waals surface area contributed by atoms with Crippen LogP contribution in [0, 0.1) is 0 Å². The van der Waals surface area contributed by atoms with E-state index >= 15 is 0 Å². The minimum Gasteiger partial charge on any atom is -0.309 e. The number of rotatable bonds is 2. The van der Waals surface area contributed by atoms with Crippen LogP contribution in [0.4, 0.5) is 5.82 Å². The minimum absolute atomic E-state index is 0.0607. The molecule has 2 rings (SSSR count). The maximum Gasteiger partial charge on any atom is 0.242 e. The van der Waals surface area contributed by atoms with Gasteiger partial charge in [-0.1, -0.05) is 6.42 Å². The third kappa shape index (κ3) is 2.90. The number of carbonyl (C=O) groups is 1. The second-order valence-electron chi connectivity index (χ2n) is 3.70. The topological polar surface area (TPSA) is 66.9 Å². The normalized spacial score (nSPS) is 20.4. The average molecular weight is 241 g/mol. The van der Waals surface area contributed by atoms with Crippen molar-refractivity contribution in [3.8, 4) is 0 Å². The third-order valence-electron chi connectivity index (χ3n) is 2.50. The Hall–Kier alpha value is -1.20. The molecular formula is C10H13ClN4O. The Bertz CT molecular complexity index is 379. The van der Waals surface area contributed by atoms with Crippen LogP contribution in [0.15, 0.2) is 12.3 Å². The standard InChI is InChI=1S/C10H13ClN4O/c11-10-13-6-4-8(15-10)14-9(16)7-3-1-2-5-12-7/h4,6-7,12H,1-3,5H2,(H,13,14,15,16)/t7-/m1/s1. The van der Waals surface area contributed by atoms with Crippen LogP contribution < -0.4 is 10.6 Å². The summed E-state index contributed by atoms with van der Waals surface area (Å²) in [7, 11) is 0. The van der Waals surface area contributed by atoms with Crippen molar-refractivity contribution in [2.24, 2.45) is 0 Å². The first-order valence-corrected chi connectivity index (χ1v) is 5.66. The molecule has 0 bridgehead atoms. The number of carbonyl (C=O) groups excluding carboxylic acids is 1. The van der Waals surface area contributed by atoms with Gasteiger partial charge in [-0.15, -0.1) is 0 Å². The number of aromatic nitrogens is 2. The number of hydrogen-bond acceptors (Lipinski definition) is 4. The smallest absolute Gasteiger partial charge is 0.242 e. The monoisotopic (exact) mass is 240 g/mol. The molecule has 1 aliphatic rings. The van der Waals surface area contributed by atoms with Gasteiger partial charge in [-0.3, -0.25) is 4.79 Å². The van der Waals surface area contributed by atoms with Gasteiger partial charge in [-0.25, -0.2) is 9.97 Å². The van der Waals surface area contributed by atoms with E-state index in [0.717, 1.165) is 25.8 Å². The lowest BCUT2D eigenvalue weighted by Crippen LogP contribution is -2.43. The quantitative estimate of drug-likeness (QED) is 0.763. The maximum absolute atomic E-state index is 11.8. The van der Waals surface area contributed by atoms with Gasteiger partial charge in [0.1, 0.15) is 5.82 Å². The van der Waals surface area contributed by atoms with Gasteiger partial charge < -0.3 is 10.6 Å². The predicted molar refractivity (Wildman–Crippen MR) is 61.3 cm³/mol. The first kappa shape index (κ1) is 11.3. The van der Waals surface area contributed by atoms with E-state index in [1.807, 2.05) is 0 Å². The van der Waals surface area contributed by atoms with Crippen LogP contribution in [-0.4, -0.2) is 28.5 Å². The lowest BCUT2D eigenvalue weighted by Gasteiger charge is -2.22. The molecule has 1 aromatic heterocycles. The molecule has 2 N–H and O–H groups in total. The molecule has 1 atom stereocenters. The molecule has 0 spiro atoms. The fourth-order valence-electron chi connectivity index (χ4n) is 1.69. The summed E-state index contributed by atoms with van der Waals surface area (Å²) in [6, 6.07) is 1.49. The van der Waals surface area contributed by atoms with Crippen molar-refractivity contribution in [1.29, 1.82) is 0 Å². The van der Waals surface area contributed by atoms with Crippen LogP contribution in [0.3, 0.4) is 0 Å². The number of halogens is 1. The Balaban J connectivity index is 1.96. The van der Waals surface area contributed by atoms with Crippen molar-refractivity contribution in [3.05, 3.63) is 17.5 Å². The van der Waals surface area contributed by atoms with Crippen molar-refractivity contribution in [3.63, 3.8) is 0 Å². The van der Waals surface area contributed by atoms with E-state index in [1.165, 1.54) is 6.20 Å². The van der Waals surface area contributed by atoms with E-state index in [0.29, 0.717) is 5.82 Å². The van der Waals surface area contributed by atoms with E-state index in [2.05, 4.69) is 20.6 Å². The maximum atomic E-state index is 11.8. The van der Waals surface area contributed by atoms with E-state index in [1.54, 1.807) is 6.07 Å². The molecular weight excluding hydrogens is 228 g/mol. The Morgan fingerprint density at radius 3 is 3.12 bits per heavy atom. The number of piperidine rings is 1. The van der Waals surface area contributed by atoms with Crippen molar-refractivity contribution in [2.45, 2.75) is 25.3 Å². The van der Waals surface area contributed by atoms with E-state index < -0.39 is 0 Å². The van der Waals surface area contributed by atoms with Crippen LogP contribution in [0.2, 0.25) is 5.28 Å². The van der Waals surface area contributed by atoms with Crippen molar-refractivity contribution >= 4 is 23.3 Å². The molecule has 0 saturated carbocycles. The molecule has 16 heavy (non-hydrogen) atoms. The minimum atomic E-state index is -0.123. The first-order valence-electron chi connectivity index (χ1n) is 5.28. The summed E-state index contributed by atoms with van der Waals surface area (Å²) in [4.78, 5) is 19.5. The molecule has 1 fully saturated rings. The molecule has 5 nitrogen and oxygen atoms in total. The lowest BCUT2D eigenvalue weighted by molar-refractivity contribution is -0.118. The zero-order valence-corrected chi connectivity index (χ0v) is 9.50. The zero-order valence-electron chi connectivity index (χ0n) is 8.74. The van der Waals surface area contributed by atoms with Gasteiger partial charge in [0, 0.05) is 6.20 Å². The Morgan fingerprint density at radius 2 is 2.44 bits per heavy atom. The molecule has 1 aromatic rings. The van der Waals surface area contributed by atoms with Crippen LogP contribution in [0.5, 0.6) is 0 Å². The highest BCUT2D eigenvalue weighted by molar-refractivity contribution is 6.28. The van der Waals surface area contributed by atoms with E-state index in [9.17, 15) is 4.79 Å². The Labute approximate surface area is 98.6 Å². The average Bonchev–Trinajstić information content (AvgIpc) is 2.30. The van der Waals surface area contributed by atoms with Gasteiger partial charge in [0.15, 0.2) is 0 Å². The second kappa shape index (κ2) is 5.23. The molecule has 6 heteroatoms. The predicted octanol–water partition coefficient (Wildman–Crippen LogP) is 1.21. The van der Waals surface area contributed by atoms with Gasteiger partial charge in [-0.2, -0.15) is 0 Å². The third-order valence-corrected chi connectivity index (χ3v) is 2.69. The molecule has 1 amide bonds. The summed E-state index contributed by atoms with van der Waals surface area (Å²) in [5, 5.41) is 6.01. The number of anilines is 1. The number of hydrogen-bond donors (Lipinski definition) is 2. The molecule has 86 valence electrons. The van der Waals surface area contributed by atoms with Crippen LogP contribution in [0.1, 0.15) is 19.3 Å². The van der Waals surface area contributed by atoms with E-state index in [4.69, 9.17) is 11.6 Å². The van der Waals surface area contributed by atoms with Crippen molar-refractivity contribution < 1.29 is 4.79 Å². The van der Waals surface area contributed by atoms with Crippen LogP contribution in [-0.2, 0) is 4.79 Å². The fourth-order valence-corrected chi connectivity index (χ4v) is 1.84. The lowest BCUT2D eigenvalue weighted by atomic mass is 10.0. The van der Waals surface area contributed by atoms with Gasteiger partial charge in [0.2, 0.25) is 11.2 Å². The molecule has 1 saturated heterocycles. The van der Waals surface area contributed by atoms with Crippen molar-refractivity contribution in [2.75, 3.05) is 11.9 Å². The number of nitrogens with zero attached hydrogens (tertiary/aromatic N) is 2. The molecule has 2 heterocycles. The van der Waals surface area contributed by atoms with E-state index in [-0.39, 0.29) is 17.2 Å². The first-order chi connectivity index (χ1) is 7.75. The molecule has 0 radical (unpaired) electrons. The summed E-state index contributed by atoms with van der Waals surface area (Å²) in [6.07, 6.45) is 4.59. The second-order valence-corrected chi connectivity index (χ2v) is 4.04. The highest BCUT2D eigenvalue weighted by Crippen LogP contribution is 2.10. The van der Waals surface area contributed by atoms with Gasteiger partial charge in [0.25, 0.3) is 0 Å².